The molecule has 21 heteroatoms. The SMILES string of the molecule is CC1(C)C(NC(=O)/C(=N\O[C@](C)(C(=O)O)[C@H]2CCc3cc(-c4ccc(NCCN)[n+](CC5CNC5)c4)ccc3O2)c2csc(N)n2)C(=O)N1OS(=O)(=O)O. The van der Waals surface area contributed by atoms with Gasteiger partial charge in [-0.05, 0) is 62.9 Å². The molecule has 3 aromatic rings. The number of carboxylic acids is 1. The Balaban J connectivity index is 1.21. The summed E-state index contributed by atoms with van der Waals surface area (Å²) in [4.78, 5) is 48.7. The Morgan fingerprint density at radius 2 is 2.00 bits per heavy atom. The number of carbonyl (C=O) groups is 3. The van der Waals surface area contributed by atoms with Crippen LogP contribution in [-0.2, 0) is 46.9 Å². The van der Waals surface area contributed by atoms with Crippen LogP contribution in [-0.4, -0.2) is 101 Å². The van der Waals surface area contributed by atoms with Crippen molar-refractivity contribution >= 4 is 56.2 Å². The van der Waals surface area contributed by atoms with Crippen LogP contribution in [0.3, 0.4) is 0 Å². The van der Waals surface area contributed by atoms with E-state index in [0.29, 0.717) is 36.2 Å². The summed E-state index contributed by atoms with van der Waals surface area (Å²) in [6, 6.07) is 8.43. The highest BCUT2D eigenvalue weighted by molar-refractivity contribution is 7.80. The van der Waals surface area contributed by atoms with Crippen molar-refractivity contribution in [2.24, 2.45) is 16.8 Å². The smallest absolute Gasteiger partial charge is 0.418 e. The summed E-state index contributed by atoms with van der Waals surface area (Å²) in [7, 11) is -5.03. The maximum Gasteiger partial charge on any atom is 0.418 e. The van der Waals surface area contributed by atoms with Gasteiger partial charge in [0.25, 0.3) is 23.2 Å². The lowest BCUT2D eigenvalue weighted by Gasteiger charge is -2.50. The normalized spacial score (nSPS) is 20.8. The summed E-state index contributed by atoms with van der Waals surface area (Å²) in [5.74, 6) is -1.44. The van der Waals surface area contributed by atoms with E-state index in [1.165, 1.54) is 26.2 Å². The van der Waals surface area contributed by atoms with Crippen LogP contribution in [0.1, 0.15) is 38.4 Å². The second kappa shape index (κ2) is 15.1. The van der Waals surface area contributed by atoms with Crippen LogP contribution in [0.5, 0.6) is 5.75 Å². The monoisotopic (exact) mass is 788 g/mol. The third-order valence-corrected chi connectivity index (χ3v) is 10.6. The second-order valence-electron chi connectivity index (χ2n) is 13.9. The van der Waals surface area contributed by atoms with Crippen LogP contribution in [0.15, 0.2) is 47.1 Å². The van der Waals surface area contributed by atoms with E-state index in [9.17, 15) is 27.9 Å². The number of ether oxygens (including phenoxy) is 1. The molecule has 2 saturated heterocycles. The molecule has 0 bridgehead atoms. The summed E-state index contributed by atoms with van der Waals surface area (Å²) in [6.07, 6.45) is 1.73. The number of aromatic nitrogens is 2. The Kier molecular flexibility index (Phi) is 10.8. The molecule has 0 saturated carbocycles. The molecule has 9 N–H and O–H groups in total. The van der Waals surface area contributed by atoms with Gasteiger partial charge in [0.05, 0.1) is 24.8 Å². The van der Waals surface area contributed by atoms with Gasteiger partial charge in [0, 0.05) is 42.6 Å². The predicted octanol–water partition coefficient (Wildman–Crippen LogP) is 0.0676. The van der Waals surface area contributed by atoms with E-state index in [1.807, 2.05) is 24.3 Å². The molecule has 2 amide bonds. The quantitative estimate of drug-likeness (QED) is 0.0353. The average Bonchev–Trinajstić information content (AvgIpc) is 3.54. The van der Waals surface area contributed by atoms with Crippen LogP contribution in [0, 0.1) is 5.92 Å². The number of β-lactam (4-membered cyclic amide) rings is 1. The Labute approximate surface area is 314 Å². The number of nitrogens with zero attached hydrogens (tertiary/aromatic N) is 4. The molecule has 1 unspecified atom stereocenters. The van der Waals surface area contributed by atoms with Crippen LogP contribution in [0.2, 0.25) is 0 Å². The first-order valence-corrected chi connectivity index (χ1v) is 19.3. The number of benzene rings is 1. The van der Waals surface area contributed by atoms with E-state index in [2.05, 4.69) is 41.1 Å². The number of carboxylic acid groups (broad SMARTS) is 1. The lowest BCUT2D eigenvalue weighted by atomic mass is 9.84. The van der Waals surface area contributed by atoms with Gasteiger partial charge in [-0.15, -0.1) is 15.6 Å². The number of nitrogens with one attached hydrogen (secondary N) is 3. The third-order valence-electron chi connectivity index (χ3n) is 9.60. The van der Waals surface area contributed by atoms with E-state index in [4.69, 9.17) is 25.6 Å². The molecular formula is C33H42N9O10S2+. The van der Waals surface area contributed by atoms with E-state index in [0.717, 1.165) is 53.5 Å². The van der Waals surface area contributed by atoms with Crippen molar-refractivity contribution in [1.29, 1.82) is 0 Å². The van der Waals surface area contributed by atoms with Gasteiger partial charge in [0.2, 0.25) is 0 Å². The van der Waals surface area contributed by atoms with Crippen molar-refractivity contribution in [3.05, 3.63) is 53.2 Å². The van der Waals surface area contributed by atoms with Crippen LogP contribution in [0.4, 0.5) is 10.9 Å². The van der Waals surface area contributed by atoms with E-state index < -0.39 is 57.2 Å². The van der Waals surface area contributed by atoms with Gasteiger partial charge in [-0.25, -0.2) is 14.3 Å². The minimum Gasteiger partial charge on any atom is -0.485 e. The minimum atomic E-state index is -5.03. The summed E-state index contributed by atoms with van der Waals surface area (Å²) in [5.41, 5.74) is 10.2. The van der Waals surface area contributed by atoms with Crippen molar-refractivity contribution in [3.8, 4) is 16.9 Å². The minimum absolute atomic E-state index is 0.0653. The number of hydrogen-bond acceptors (Lipinski definition) is 15. The number of hydrogen-bond donors (Lipinski definition) is 7. The lowest BCUT2D eigenvalue weighted by Crippen LogP contribution is -2.76. The van der Waals surface area contributed by atoms with Gasteiger partial charge in [0.15, 0.2) is 16.9 Å². The average molecular weight is 789 g/mol. The fourth-order valence-electron chi connectivity index (χ4n) is 6.34. The maximum absolute atomic E-state index is 13.5. The first-order chi connectivity index (χ1) is 25.5. The Bertz CT molecular complexity index is 2090. The molecule has 3 atom stereocenters. The summed E-state index contributed by atoms with van der Waals surface area (Å²) >= 11 is 0.974. The molecule has 5 heterocycles. The van der Waals surface area contributed by atoms with Crippen LogP contribution < -0.4 is 36.7 Å². The topological polar surface area (TPSA) is 274 Å². The van der Waals surface area contributed by atoms with Gasteiger partial charge < -0.3 is 36.8 Å². The number of thiazole rings is 1. The number of anilines is 2. The summed E-state index contributed by atoms with van der Waals surface area (Å²) in [6.45, 7) is 7.95. The molecule has 290 valence electrons. The Hall–Kier alpha value is -4.93. The molecule has 6 rings (SSSR count). The Morgan fingerprint density at radius 3 is 2.61 bits per heavy atom. The highest BCUT2D eigenvalue weighted by Crippen LogP contribution is 2.37. The fourth-order valence-corrected chi connectivity index (χ4v) is 7.34. The standard InChI is InChI=1S/C33H41N9O10S2/c1-32(2)27(29(44)42(32)52-54(47,48)49)39-28(43)26(22-17-53-31(35)38-22)40-51-33(3,30(45)46)24-8-5-20-12-19(4-7-23(20)50-24)21-6-9-25(37-11-10-34)41(16-21)15-18-13-36-14-18/h4,6-7,9,12,16-18,24,27,36H,5,8,10-11,13-15,34H2,1-3H3,(H5,35,38,39,43,45,46,47,48,49)/p+1/b40-26-/t24-,27?,33+/m1/s1. The molecule has 19 nitrogen and oxygen atoms in total. The second-order valence-corrected chi connectivity index (χ2v) is 15.8. The van der Waals surface area contributed by atoms with Crippen molar-refractivity contribution in [2.75, 3.05) is 37.2 Å². The molecule has 0 spiro atoms. The van der Waals surface area contributed by atoms with Crippen LogP contribution in [0.25, 0.3) is 11.1 Å². The zero-order chi connectivity index (χ0) is 39.0. The highest BCUT2D eigenvalue weighted by atomic mass is 32.3. The van der Waals surface area contributed by atoms with E-state index in [1.54, 1.807) is 6.07 Å². The number of aliphatic carboxylic acids is 1. The van der Waals surface area contributed by atoms with Gasteiger partial charge >= 0.3 is 16.4 Å². The zero-order valence-corrected chi connectivity index (χ0v) is 31.3. The predicted molar refractivity (Wildman–Crippen MR) is 194 cm³/mol. The third kappa shape index (κ3) is 7.95. The van der Waals surface area contributed by atoms with Crippen molar-refractivity contribution in [3.63, 3.8) is 0 Å². The van der Waals surface area contributed by atoms with Crippen LogP contribution >= 0.6 is 11.3 Å². The molecule has 3 aliphatic heterocycles. The molecule has 54 heavy (non-hydrogen) atoms. The van der Waals surface area contributed by atoms with E-state index in [-0.39, 0.29) is 17.2 Å². The number of carbonyl (C=O) groups excluding carboxylic acids is 2. The number of pyridine rings is 1. The molecule has 0 radical (unpaired) electrons. The van der Waals surface area contributed by atoms with Gasteiger partial charge in [-0.3, -0.25) is 19.5 Å². The molecule has 1 aromatic carbocycles. The molecule has 0 aliphatic carbocycles. The summed E-state index contributed by atoms with van der Waals surface area (Å²) in [5, 5.41) is 25.3. The number of oxime groups is 1. The number of hydroxylamine groups is 2. The van der Waals surface area contributed by atoms with E-state index >= 15 is 0 Å². The van der Waals surface area contributed by atoms with Gasteiger partial charge in [0.1, 0.15) is 17.5 Å². The molecule has 2 fully saturated rings. The first kappa shape index (κ1) is 38.8. The van der Waals surface area contributed by atoms with Gasteiger partial charge in [-0.2, -0.15) is 13.5 Å². The molecule has 3 aliphatic rings. The number of rotatable bonds is 15. The number of nitrogens with two attached hydrogens (primary N) is 2. The molecule has 2 aromatic heterocycles. The first-order valence-electron chi connectivity index (χ1n) is 17.0. The van der Waals surface area contributed by atoms with Crippen molar-refractivity contribution in [2.45, 2.75) is 63.4 Å². The number of nitrogen functional groups attached to an aromatic ring is 1. The highest BCUT2D eigenvalue weighted by Gasteiger charge is 2.58. The lowest BCUT2D eigenvalue weighted by molar-refractivity contribution is -0.690. The Morgan fingerprint density at radius 1 is 1.26 bits per heavy atom. The summed E-state index contributed by atoms with van der Waals surface area (Å²) < 4.78 is 44.2. The fraction of sp³-hybridized carbons (Fsp3) is 0.455. The number of fused-ring (bicyclic) bond motifs is 1. The largest absolute Gasteiger partial charge is 0.485 e. The number of aryl methyl sites for hydroxylation is 1. The molecular weight excluding hydrogens is 747 g/mol. The van der Waals surface area contributed by atoms with Crippen molar-refractivity contribution < 1.29 is 50.9 Å². The van der Waals surface area contributed by atoms with Gasteiger partial charge in [-0.1, -0.05) is 11.2 Å². The maximum atomic E-state index is 13.5. The number of amides is 2. The zero-order valence-electron chi connectivity index (χ0n) is 29.6. The van der Waals surface area contributed by atoms with Crippen molar-refractivity contribution in [1.82, 2.24) is 20.7 Å².